The van der Waals surface area contributed by atoms with Gasteiger partial charge in [0, 0.05) is 12.5 Å². The number of ether oxygens (including phenoxy) is 2. The minimum atomic E-state index is -3.79. The Bertz CT molecular complexity index is 1020. The van der Waals surface area contributed by atoms with Gasteiger partial charge >= 0.3 is 0 Å². The lowest BCUT2D eigenvalue weighted by Gasteiger charge is -2.36. The van der Waals surface area contributed by atoms with Gasteiger partial charge in [-0.25, -0.2) is 13.1 Å². The van der Waals surface area contributed by atoms with Gasteiger partial charge in [0.1, 0.15) is 11.5 Å². The van der Waals surface area contributed by atoms with E-state index in [2.05, 4.69) is 10.0 Å². The molecular formula is C24H30N2O6S. The summed E-state index contributed by atoms with van der Waals surface area (Å²) in [5, 5.41) is 12.7. The number of aliphatic hydroxyl groups is 1. The number of hydrogen-bond acceptors (Lipinski definition) is 6. The van der Waals surface area contributed by atoms with E-state index in [1.807, 2.05) is 30.3 Å². The monoisotopic (exact) mass is 474 g/mol. The molecule has 1 saturated heterocycles. The number of amides is 1. The fraction of sp³-hybridized carbons (Fsp3) is 0.458. The number of para-hydroxylation sites is 1. The number of sulfonamides is 1. The molecule has 0 bridgehead atoms. The first kappa shape index (κ1) is 23.7. The van der Waals surface area contributed by atoms with Crippen LogP contribution in [0.1, 0.15) is 32.1 Å². The molecule has 2 aromatic carbocycles. The van der Waals surface area contributed by atoms with Crippen LogP contribution in [0.5, 0.6) is 11.5 Å². The van der Waals surface area contributed by atoms with Crippen LogP contribution in [-0.2, 0) is 19.6 Å². The van der Waals surface area contributed by atoms with Crippen LogP contribution >= 0.6 is 0 Å². The molecule has 0 radical (unpaired) electrons. The molecule has 178 valence electrons. The van der Waals surface area contributed by atoms with Crippen LogP contribution in [0.2, 0.25) is 0 Å². The molecule has 1 heterocycles. The Morgan fingerprint density at radius 2 is 1.70 bits per heavy atom. The molecule has 1 aliphatic carbocycles. The molecule has 0 aromatic heterocycles. The standard InChI is InChI=1S/C24H30N2O6S/c27-16-23-22(13-10-20(32-23)14-15-25-24(28)17-6-7-17)26-33(29,30)21-11-8-19(9-12-21)31-18-4-2-1-3-5-18/h1-5,8-9,11-12,17,20,22-23,26-27H,6-7,10,13-16H2,(H,25,28)/t20-,22-,23+/m0/s1. The first-order valence-corrected chi connectivity index (χ1v) is 12.8. The predicted octanol–water partition coefficient (Wildman–Crippen LogP) is 2.58. The largest absolute Gasteiger partial charge is 0.457 e. The second-order valence-electron chi connectivity index (χ2n) is 8.52. The minimum absolute atomic E-state index is 0.0929. The number of nitrogens with one attached hydrogen (secondary N) is 2. The van der Waals surface area contributed by atoms with Crippen molar-refractivity contribution < 1.29 is 27.8 Å². The number of hydrogen-bond donors (Lipinski definition) is 3. The van der Waals surface area contributed by atoms with E-state index in [9.17, 15) is 18.3 Å². The van der Waals surface area contributed by atoms with Crippen LogP contribution in [0.15, 0.2) is 59.5 Å². The molecule has 1 aliphatic heterocycles. The Morgan fingerprint density at radius 1 is 1.00 bits per heavy atom. The zero-order valence-corrected chi connectivity index (χ0v) is 19.2. The third kappa shape index (κ3) is 6.54. The molecule has 4 rings (SSSR count). The van der Waals surface area contributed by atoms with Crippen molar-refractivity contribution in [1.29, 1.82) is 0 Å². The van der Waals surface area contributed by atoms with Crippen molar-refractivity contribution in [2.24, 2.45) is 5.92 Å². The predicted molar refractivity (Wildman–Crippen MR) is 122 cm³/mol. The summed E-state index contributed by atoms with van der Waals surface area (Å²) < 4.78 is 40.1. The summed E-state index contributed by atoms with van der Waals surface area (Å²) in [4.78, 5) is 11.9. The summed E-state index contributed by atoms with van der Waals surface area (Å²) in [6.07, 6.45) is 2.98. The van der Waals surface area contributed by atoms with Crippen LogP contribution in [0, 0.1) is 5.92 Å². The van der Waals surface area contributed by atoms with Gasteiger partial charge < -0.3 is 19.9 Å². The maximum Gasteiger partial charge on any atom is 0.240 e. The van der Waals surface area contributed by atoms with Crippen molar-refractivity contribution in [3.63, 3.8) is 0 Å². The molecular weight excluding hydrogens is 444 g/mol. The van der Waals surface area contributed by atoms with Crippen LogP contribution in [0.3, 0.4) is 0 Å². The van der Waals surface area contributed by atoms with Gasteiger partial charge in [-0.1, -0.05) is 18.2 Å². The number of rotatable bonds is 10. The maximum absolute atomic E-state index is 12.9. The maximum atomic E-state index is 12.9. The van der Waals surface area contributed by atoms with Crippen molar-refractivity contribution >= 4 is 15.9 Å². The lowest BCUT2D eigenvalue weighted by atomic mass is 9.98. The lowest BCUT2D eigenvalue weighted by molar-refractivity contribution is -0.122. The van der Waals surface area contributed by atoms with Crippen molar-refractivity contribution in [1.82, 2.24) is 10.0 Å². The van der Waals surface area contributed by atoms with Crippen LogP contribution < -0.4 is 14.8 Å². The zero-order valence-electron chi connectivity index (χ0n) is 18.4. The van der Waals surface area contributed by atoms with E-state index in [1.54, 1.807) is 12.1 Å². The Hall–Kier alpha value is -2.46. The van der Waals surface area contributed by atoms with Crippen LogP contribution in [0.25, 0.3) is 0 Å². The molecule has 2 aromatic rings. The molecule has 8 nitrogen and oxygen atoms in total. The molecule has 1 saturated carbocycles. The van der Waals surface area contributed by atoms with E-state index in [-0.39, 0.29) is 29.4 Å². The smallest absolute Gasteiger partial charge is 0.240 e. The fourth-order valence-corrected chi connectivity index (χ4v) is 5.20. The second-order valence-corrected chi connectivity index (χ2v) is 10.2. The molecule has 1 amide bonds. The summed E-state index contributed by atoms with van der Waals surface area (Å²) >= 11 is 0. The van der Waals surface area contributed by atoms with Gasteiger partial charge in [-0.05, 0) is 68.5 Å². The molecule has 3 atom stereocenters. The van der Waals surface area contributed by atoms with Crippen LogP contribution in [0.4, 0.5) is 0 Å². The third-order valence-electron chi connectivity index (χ3n) is 5.93. The highest BCUT2D eigenvalue weighted by Crippen LogP contribution is 2.29. The Labute approximate surface area is 194 Å². The number of aliphatic hydroxyl groups excluding tert-OH is 1. The highest BCUT2D eigenvalue weighted by atomic mass is 32.2. The molecule has 9 heteroatoms. The Morgan fingerprint density at radius 3 is 2.36 bits per heavy atom. The lowest BCUT2D eigenvalue weighted by Crippen LogP contribution is -2.51. The molecule has 0 unspecified atom stereocenters. The van der Waals surface area contributed by atoms with Gasteiger partial charge in [0.2, 0.25) is 15.9 Å². The third-order valence-corrected chi connectivity index (χ3v) is 7.43. The highest BCUT2D eigenvalue weighted by molar-refractivity contribution is 7.89. The molecule has 33 heavy (non-hydrogen) atoms. The van der Waals surface area contributed by atoms with Gasteiger partial charge in [-0.2, -0.15) is 0 Å². The number of carbonyl (C=O) groups is 1. The number of carbonyl (C=O) groups excluding carboxylic acids is 1. The topological polar surface area (TPSA) is 114 Å². The van der Waals surface area contributed by atoms with Gasteiger partial charge in [0.05, 0.1) is 29.8 Å². The van der Waals surface area contributed by atoms with Crippen molar-refractivity contribution in [2.45, 2.75) is 55.2 Å². The second kappa shape index (κ2) is 10.6. The first-order chi connectivity index (χ1) is 15.9. The summed E-state index contributed by atoms with van der Waals surface area (Å²) in [5.41, 5.74) is 0. The van der Waals surface area contributed by atoms with Crippen molar-refractivity contribution in [3.8, 4) is 11.5 Å². The molecule has 2 aliphatic rings. The summed E-state index contributed by atoms with van der Waals surface area (Å²) in [6.45, 7) is 0.230. The highest BCUT2D eigenvalue weighted by Gasteiger charge is 2.34. The van der Waals surface area contributed by atoms with Gasteiger partial charge in [0.25, 0.3) is 0 Å². The molecule has 2 fully saturated rings. The van der Waals surface area contributed by atoms with E-state index < -0.39 is 22.2 Å². The van der Waals surface area contributed by atoms with E-state index in [1.165, 1.54) is 12.1 Å². The van der Waals surface area contributed by atoms with Crippen molar-refractivity contribution in [2.75, 3.05) is 13.2 Å². The van der Waals surface area contributed by atoms with E-state index in [0.29, 0.717) is 37.3 Å². The first-order valence-electron chi connectivity index (χ1n) is 11.3. The van der Waals surface area contributed by atoms with E-state index >= 15 is 0 Å². The average Bonchev–Trinajstić information content (AvgIpc) is 3.66. The number of benzene rings is 2. The quantitative estimate of drug-likeness (QED) is 0.488. The fourth-order valence-electron chi connectivity index (χ4n) is 3.90. The molecule has 0 spiro atoms. The van der Waals surface area contributed by atoms with E-state index in [0.717, 1.165) is 12.8 Å². The Balaban J connectivity index is 1.30. The van der Waals surface area contributed by atoms with E-state index in [4.69, 9.17) is 9.47 Å². The zero-order chi connectivity index (χ0) is 23.3. The van der Waals surface area contributed by atoms with Crippen LogP contribution in [-0.4, -0.2) is 50.8 Å². The van der Waals surface area contributed by atoms with Gasteiger partial charge in [-0.3, -0.25) is 4.79 Å². The summed E-state index contributed by atoms with van der Waals surface area (Å²) in [7, 11) is -3.79. The summed E-state index contributed by atoms with van der Waals surface area (Å²) in [5.74, 6) is 1.46. The van der Waals surface area contributed by atoms with Gasteiger partial charge in [-0.15, -0.1) is 0 Å². The SMILES string of the molecule is O=C(NCC[C@@H]1CC[C@H](NS(=O)(=O)c2ccc(Oc3ccccc3)cc2)[C@@H](CO)O1)C1CC1. The molecule has 3 N–H and O–H groups in total. The van der Waals surface area contributed by atoms with Crippen molar-refractivity contribution in [3.05, 3.63) is 54.6 Å². The van der Waals surface area contributed by atoms with Gasteiger partial charge in [0.15, 0.2) is 0 Å². The normalized spacial score (nSPS) is 23.1. The minimum Gasteiger partial charge on any atom is -0.457 e. The Kier molecular flexibility index (Phi) is 7.64. The average molecular weight is 475 g/mol. The summed E-state index contributed by atoms with van der Waals surface area (Å²) in [6, 6.07) is 14.9.